The van der Waals surface area contributed by atoms with Crippen LogP contribution in [-0.4, -0.2) is 44.3 Å². The summed E-state index contributed by atoms with van der Waals surface area (Å²) in [5.41, 5.74) is 3.55. The third-order valence-electron chi connectivity index (χ3n) is 5.92. The predicted molar refractivity (Wildman–Crippen MR) is 126 cm³/mol. The van der Waals surface area contributed by atoms with E-state index in [0.29, 0.717) is 6.54 Å². The maximum atomic E-state index is 4.86. The first kappa shape index (κ1) is 22.6. The standard InChI is InChI=1S/C21H32N6.HI/c1-8-22-19(26-14-20(4,5)21(26,6)7)24-13-17-9-10-18(23-12-17)27-16(3)11-15(2)25-27;/h9-12H,8,13-14H2,1-7H3,(H,22,24);1H. The van der Waals surface area contributed by atoms with Crippen LogP contribution < -0.4 is 5.32 Å². The molecule has 0 aliphatic carbocycles. The van der Waals surface area contributed by atoms with E-state index in [1.54, 1.807) is 0 Å². The second kappa shape index (κ2) is 8.39. The van der Waals surface area contributed by atoms with Crippen LogP contribution >= 0.6 is 24.0 Å². The molecule has 28 heavy (non-hydrogen) atoms. The third-order valence-corrected chi connectivity index (χ3v) is 5.92. The molecule has 1 N–H and O–H groups in total. The molecule has 2 aromatic heterocycles. The molecule has 1 saturated heterocycles. The average Bonchev–Trinajstić information content (AvgIpc) is 2.95. The number of nitrogens with zero attached hydrogens (tertiary/aromatic N) is 5. The molecule has 0 saturated carbocycles. The molecule has 7 heteroatoms. The predicted octanol–water partition coefficient (Wildman–Crippen LogP) is 4.09. The van der Waals surface area contributed by atoms with Gasteiger partial charge in [0.2, 0.25) is 0 Å². The van der Waals surface area contributed by atoms with Gasteiger partial charge in [-0.1, -0.05) is 19.9 Å². The van der Waals surface area contributed by atoms with Gasteiger partial charge in [0, 0.05) is 35.9 Å². The Balaban J connectivity index is 0.00000280. The van der Waals surface area contributed by atoms with E-state index < -0.39 is 0 Å². The summed E-state index contributed by atoms with van der Waals surface area (Å²) in [7, 11) is 0. The Morgan fingerprint density at radius 1 is 1.21 bits per heavy atom. The van der Waals surface area contributed by atoms with E-state index in [1.807, 2.05) is 30.8 Å². The minimum atomic E-state index is 0. The topological polar surface area (TPSA) is 58.3 Å². The summed E-state index contributed by atoms with van der Waals surface area (Å²) in [6.45, 7) is 17.8. The molecule has 1 aliphatic heterocycles. The van der Waals surface area contributed by atoms with Crippen LogP contribution in [0.25, 0.3) is 5.82 Å². The van der Waals surface area contributed by atoms with E-state index in [0.717, 1.165) is 41.8 Å². The van der Waals surface area contributed by atoms with Crippen molar-refractivity contribution in [1.82, 2.24) is 25.0 Å². The van der Waals surface area contributed by atoms with Gasteiger partial charge < -0.3 is 10.2 Å². The molecule has 0 spiro atoms. The second-order valence-electron chi connectivity index (χ2n) is 8.56. The molecule has 1 aliphatic rings. The summed E-state index contributed by atoms with van der Waals surface area (Å²) in [5.74, 6) is 1.82. The van der Waals surface area contributed by atoms with E-state index in [4.69, 9.17) is 4.99 Å². The molecule has 0 aromatic carbocycles. The number of halogens is 1. The molecule has 0 radical (unpaired) electrons. The van der Waals surface area contributed by atoms with Crippen LogP contribution in [0.1, 0.15) is 51.6 Å². The Morgan fingerprint density at radius 3 is 2.39 bits per heavy atom. The first-order chi connectivity index (χ1) is 12.7. The highest BCUT2D eigenvalue weighted by atomic mass is 127. The van der Waals surface area contributed by atoms with E-state index >= 15 is 0 Å². The van der Waals surface area contributed by atoms with Crippen LogP contribution in [-0.2, 0) is 6.54 Å². The van der Waals surface area contributed by atoms with Gasteiger partial charge in [-0.2, -0.15) is 5.10 Å². The molecular formula is C21H33IN6. The molecule has 0 amide bonds. The van der Waals surface area contributed by atoms with Crippen LogP contribution in [0.5, 0.6) is 0 Å². The zero-order chi connectivity index (χ0) is 19.8. The number of aromatic nitrogens is 3. The lowest BCUT2D eigenvalue weighted by Crippen LogP contribution is -2.72. The van der Waals surface area contributed by atoms with Crippen molar-refractivity contribution >= 4 is 29.9 Å². The number of likely N-dealkylation sites (tertiary alicyclic amines) is 1. The Kier molecular flexibility index (Phi) is 6.78. The lowest BCUT2D eigenvalue weighted by atomic mass is 9.65. The molecule has 6 nitrogen and oxygen atoms in total. The molecule has 2 aromatic rings. The summed E-state index contributed by atoms with van der Waals surface area (Å²) in [5, 5.41) is 7.93. The van der Waals surface area contributed by atoms with Crippen molar-refractivity contribution in [2.75, 3.05) is 13.1 Å². The molecular weight excluding hydrogens is 463 g/mol. The smallest absolute Gasteiger partial charge is 0.194 e. The highest BCUT2D eigenvalue weighted by Gasteiger charge is 2.53. The fraction of sp³-hybridized carbons (Fsp3) is 0.571. The number of hydrogen-bond acceptors (Lipinski definition) is 3. The van der Waals surface area contributed by atoms with Crippen molar-refractivity contribution in [2.45, 2.75) is 60.5 Å². The fourth-order valence-electron chi connectivity index (χ4n) is 3.46. The summed E-state index contributed by atoms with van der Waals surface area (Å²) in [6.07, 6.45) is 1.89. The first-order valence-corrected chi connectivity index (χ1v) is 9.70. The molecule has 1 fully saturated rings. The molecule has 0 bridgehead atoms. The molecule has 3 heterocycles. The van der Waals surface area contributed by atoms with Gasteiger partial charge in [0.1, 0.15) is 0 Å². The average molecular weight is 496 g/mol. The van der Waals surface area contributed by atoms with Gasteiger partial charge in [-0.25, -0.2) is 14.7 Å². The first-order valence-electron chi connectivity index (χ1n) is 9.70. The van der Waals surface area contributed by atoms with Crippen LogP contribution in [0.4, 0.5) is 0 Å². The fourth-order valence-corrected chi connectivity index (χ4v) is 3.46. The summed E-state index contributed by atoms with van der Waals surface area (Å²) in [6, 6.07) is 6.14. The summed E-state index contributed by atoms with van der Waals surface area (Å²) in [4.78, 5) is 11.8. The second-order valence-corrected chi connectivity index (χ2v) is 8.56. The minimum Gasteiger partial charge on any atom is -0.356 e. The van der Waals surface area contributed by atoms with E-state index in [-0.39, 0.29) is 34.9 Å². The molecule has 0 unspecified atom stereocenters. The Bertz CT molecular complexity index is 835. The van der Waals surface area contributed by atoms with Crippen LogP contribution in [0, 0.1) is 19.3 Å². The maximum Gasteiger partial charge on any atom is 0.194 e. The van der Waals surface area contributed by atoms with Crippen molar-refractivity contribution < 1.29 is 0 Å². The number of pyridine rings is 1. The van der Waals surface area contributed by atoms with Gasteiger partial charge in [0.25, 0.3) is 0 Å². The number of rotatable bonds is 4. The minimum absolute atomic E-state index is 0. The van der Waals surface area contributed by atoms with Crippen LogP contribution in [0.3, 0.4) is 0 Å². The van der Waals surface area contributed by atoms with E-state index in [9.17, 15) is 0 Å². The monoisotopic (exact) mass is 496 g/mol. The van der Waals surface area contributed by atoms with Gasteiger partial charge in [0.05, 0.1) is 12.2 Å². The van der Waals surface area contributed by atoms with Crippen LogP contribution in [0.15, 0.2) is 29.4 Å². The Hall–Kier alpha value is -1.64. The van der Waals surface area contributed by atoms with Crippen molar-refractivity contribution in [3.05, 3.63) is 41.3 Å². The van der Waals surface area contributed by atoms with Crippen molar-refractivity contribution in [2.24, 2.45) is 10.4 Å². The lowest BCUT2D eigenvalue weighted by Gasteiger charge is -2.62. The Labute approximate surface area is 185 Å². The largest absolute Gasteiger partial charge is 0.356 e. The summed E-state index contributed by atoms with van der Waals surface area (Å²) < 4.78 is 1.87. The van der Waals surface area contributed by atoms with Gasteiger partial charge >= 0.3 is 0 Å². The zero-order valence-electron chi connectivity index (χ0n) is 18.1. The molecule has 0 atom stereocenters. The third kappa shape index (κ3) is 4.18. The normalized spacial score (nSPS) is 17.7. The van der Waals surface area contributed by atoms with Gasteiger partial charge in [-0.3, -0.25) is 0 Å². The van der Waals surface area contributed by atoms with E-state index in [2.05, 4.69) is 67.1 Å². The number of hydrogen-bond donors (Lipinski definition) is 1. The number of aryl methyl sites for hydroxylation is 2. The van der Waals surface area contributed by atoms with E-state index in [1.165, 1.54) is 0 Å². The van der Waals surface area contributed by atoms with Gasteiger partial charge in [-0.15, -0.1) is 24.0 Å². The number of nitrogens with one attached hydrogen (secondary N) is 1. The molecule has 154 valence electrons. The van der Waals surface area contributed by atoms with Crippen molar-refractivity contribution in [3.8, 4) is 5.82 Å². The van der Waals surface area contributed by atoms with Crippen molar-refractivity contribution in [1.29, 1.82) is 0 Å². The summed E-state index contributed by atoms with van der Waals surface area (Å²) >= 11 is 0. The number of guanidine groups is 1. The maximum absolute atomic E-state index is 4.86. The highest BCUT2D eigenvalue weighted by molar-refractivity contribution is 14.0. The quantitative estimate of drug-likeness (QED) is 0.394. The van der Waals surface area contributed by atoms with Crippen molar-refractivity contribution in [3.63, 3.8) is 0 Å². The zero-order valence-corrected chi connectivity index (χ0v) is 20.4. The van der Waals surface area contributed by atoms with Crippen LogP contribution in [0.2, 0.25) is 0 Å². The van der Waals surface area contributed by atoms with Gasteiger partial charge in [-0.05, 0) is 52.3 Å². The highest BCUT2D eigenvalue weighted by Crippen LogP contribution is 2.46. The SMILES string of the molecule is CCNC(=NCc1ccc(-n2nc(C)cc2C)nc1)N1CC(C)(C)C1(C)C.I. The van der Waals surface area contributed by atoms with Gasteiger partial charge in [0.15, 0.2) is 11.8 Å². The lowest BCUT2D eigenvalue weighted by molar-refractivity contribution is -0.0667. The Morgan fingerprint density at radius 2 is 1.93 bits per heavy atom. The molecule has 3 rings (SSSR count). The number of aliphatic imine (C=N–C) groups is 1.